The first-order valence-electron chi connectivity index (χ1n) is 2.01. The highest BCUT2D eigenvalue weighted by Gasteiger charge is 1.89. The van der Waals surface area contributed by atoms with E-state index in [-0.39, 0.29) is 5.96 Å². The Bertz CT molecular complexity index is 129. The third kappa shape index (κ3) is 4.19. The fourth-order valence-corrected chi connectivity index (χ4v) is 0.158. The van der Waals surface area contributed by atoms with Gasteiger partial charge in [0.25, 0.3) is 0 Å². The second-order valence-electron chi connectivity index (χ2n) is 1.13. The lowest BCUT2D eigenvalue weighted by Gasteiger charge is -2.01. The quantitative estimate of drug-likeness (QED) is 0.106. The molecule has 0 fully saturated rings. The molecule has 7 heteroatoms. The van der Waals surface area contributed by atoms with Crippen molar-refractivity contribution in [2.75, 3.05) is 0 Å². The summed E-state index contributed by atoms with van der Waals surface area (Å²) in [7, 11) is 0. The van der Waals surface area contributed by atoms with Crippen molar-refractivity contribution < 1.29 is 4.79 Å². The molecule has 8 N–H and O–H groups in total. The smallest absolute Gasteiger partial charge is 0.330 e. The van der Waals surface area contributed by atoms with Gasteiger partial charge in [0.2, 0.25) is 5.96 Å². The Morgan fingerprint density at radius 3 is 2.22 bits per heavy atom. The topological polar surface area (TPSA) is 132 Å². The van der Waals surface area contributed by atoms with E-state index in [0.29, 0.717) is 0 Å². The number of nitrogens with two attached hydrogens (primary N) is 3. The Labute approximate surface area is 51.2 Å². The molecule has 0 radical (unpaired) electrons. The second kappa shape index (κ2) is 3.36. The number of amides is 2. The first kappa shape index (κ1) is 7.34. The fourth-order valence-electron chi connectivity index (χ4n) is 0.158. The molecule has 2 amide bonds. The van der Waals surface area contributed by atoms with Crippen molar-refractivity contribution in [2.45, 2.75) is 0 Å². The van der Waals surface area contributed by atoms with E-state index in [2.05, 4.69) is 22.1 Å². The number of urea groups is 1. The maximum atomic E-state index is 9.92. The summed E-state index contributed by atoms with van der Waals surface area (Å²) < 4.78 is 0. The number of primary amides is 1. The van der Waals surface area contributed by atoms with E-state index in [4.69, 9.17) is 5.73 Å². The van der Waals surface area contributed by atoms with E-state index < -0.39 is 6.03 Å². The van der Waals surface area contributed by atoms with Crippen LogP contribution in [0.5, 0.6) is 0 Å². The first-order chi connectivity index (χ1) is 4.16. The molecule has 0 aliphatic rings. The maximum Gasteiger partial charge on any atom is 0.330 e. The van der Waals surface area contributed by atoms with E-state index in [0.717, 1.165) is 0 Å². The zero-order valence-corrected chi connectivity index (χ0v) is 4.59. The van der Waals surface area contributed by atoms with Crippen LogP contribution in [-0.2, 0) is 0 Å². The van der Waals surface area contributed by atoms with Gasteiger partial charge in [-0.3, -0.25) is 5.43 Å². The highest BCUT2D eigenvalue weighted by atomic mass is 16.2. The molecule has 0 aromatic heterocycles. The van der Waals surface area contributed by atoms with Gasteiger partial charge in [0.05, 0.1) is 0 Å². The van der Waals surface area contributed by atoms with Gasteiger partial charge < -0.3 is 17.3 Å². The largest absolute Gasteiger partial charge is 0.367 e. The summed E-state index contributed by atoms with van der Waals surface area (Å²) >= 11 is 0. The van der Waals surface area contributed by atoms with Crippen LogP contribution >= 0.6 is 0 Å². The third-order valence-corrected chi connectivity index (χ3v) is 0.453. The second-order valence-corrected chi connectivity index (χ2v) is 1.13. The molecule has 0 bridgehead atoms. The zero-order valence-electron chi connectivity index (χ0n) is 4.59. The minimum atomic E-state index is -0.762. The summed E-state index contributed by atoms with van der Waals surface area (Å²) in [6.07, 6.45) is 0. The summed E-state index contributed by atoms with van der Waals surface area (Å²) in [5.41, 5.74) is 13.7. The van der Waals surface area contributed by atoms with Crippen LogP contribution in [-0.4, -0.2) is 12.0 Å². The minimum absolute atomic E-state index is 0.117. The number of hydrazine groups is 1. The zero-order chi connectivity index (χ0) is 7.28. The lowest BCUT2D eigenvalue weighted by molar-refractivity contribution is 0.247. The van der Waals surface area contributed by atoms with Gasteiger partial charge in [0.1, 0.15) is 0 Å². The summed E-state index contributed by atoms with van der Waals surface area (Å²) in [4.78, 5) is 9.92. The Balaban J connectivity index is 3.39. The molecule has 0 unspecified atom stereocenters. The number of nitrogens with zero attached hydrogens (tertiary/aromatic N) is 1. The van der Waals surface area contributed by atoms with Crippen molar-refractivity contribution in [3.63, 3.8) is 0 Å². The maximum absolute atomic E-state index is 9.92. The number of guanidine groups is 1. The van der Waals surface area contributed by atoms with Crippen molar-refractivity contribution >= 4 is 12.0 Å². The summed E-state index contributed by atoms with van der Waals surface area (Å²) in [5, 5.41) is 2.97. The highest BCUT2D eigenvalue weighted by molar-refractivity contribution is 5.81. The number of rotatable bonds is 0. The lowest BCUT2D eigenvalue weighted by atomic mass is 11.0. The fraction of sp³-hybridized carbons (Fsp3) is 0. The highest BCUT2D eigenvalue weighted by Crippen LogP contribution is 1.49. The standard InChI is InChI=1S/C2H8N6O/c3-1(6-5)7-8-2(4)9/h5H2,(H3,3,6,7)(H3,4,8,9). The first-order valence-corrected chi connectivity index (χ1v) is 2.01. The molecular formula is C2H8N6O. The third-order valence-electron chi connectivity index (χ3n) is 0.453. The van der Waals surface area contributed by atoms with Crippen LogP contribution in [0, 0.1) is 0 Å². The van der Waals surface area contributed by atoms with Crippen molar-refractivity contribution in [1.82, 2.24) is 10.9 Å². The SMILES string of the molecule is NN=C(N)NNC(N)=O. The molecule has 0 heterocycles. The molecule has 0 saturated carbocycles. The van der Waals surface area contributed by atoms with Gasteiger partial charge in [-0.25, -0.2) is 10.2 Å². The van der Waals surface area contributed by atoms with Crippen molar-refractivity contribution in [3.8, 4) is 0 Å². The van der Waals surface area contributed by atoms with Gasteiger partial charge in [-0.05, 0) is 0 Å². The average molecular weight is 132 g/mol. The van der Waals surface area contributed by atoms with E-state index in [9.17, 15) is 4.79 Å². The predicted octanol–water partition coefficient (Wildman–Crippen LogP) is -2.65. The Kier molecular flexibility index (Phi) is 2.74. The Hall–Kier alpha value is -1.66. The molecule has 0 atom stereocenters. The van der Waals surface area contributed by atoms with E-state index in [1.54, 1.807) is 0 Å². The van der Waals surface area contributed by atoms with Gasteiger partial charge in [0, 0.05) is 0 Å². The molecule has 9 heavy (non-hydrogen) atoms. The molecule has 0 aliphatic heterocycles. The van der Waals surface area contributed by atoms with E-state index in [1.165, 1.54) is 0 Å². The number of hydrogen-bond acceptors (Lipinski definition) is 3. The summed E-state index contributed by atoms with van der Waals surface area (Å²) in [5.74, 6) is 4.55. The van der Waals surface area contributed by atoms with Gasteiger partial charge in [0.15, 0.2) is 0 Å². The van der Waals surface area contributed by atoms with Crippen molar-refractivity contribution in [2.24, 2.45) is 22.4 Å². The molecular weight excluding hydrogens is 124 g/mol. The lowest BCUT2D eigenvalue weighted by Crippen LogP contribution is -2.48. The monoisotopic (exact) mass is 132 g/mol. The normalized spacial score (nSPS) is 10.4. The van der Waals surface area contributed by atoms with Crippen LogP contribution in [0.3, 0.4) is 0 Å². The molecule has 0 aliphatic carbocycles. The van der Waals surface area contributed by atoms with Crippen molar-refractivity contribution in [3.05, 3.63) is 0 Å². The summed E-state index contributed by atoms with van der Waals surface area (Å²) in [6, 6.07) is -0.762. The van der Waals surface area contributed by atoms with Crippen LogP contribution in [0.2, 0.25) is 0 Å². The number of nitrogens with one attached hydrogen (secondary N) is 2. The van der Waals surface area contributed by atoms with Gasteiger partial charge in [-0.1, -0.05) is 0 Å². The van der Waals surface area contributed by atoms with Crippen LogP contribution in [0.1, 0.15) is 0 Å². The average Bonchev–Trinajstić information content (AvgIpc) is 1.83. The predicted molar refractivity (Wildman–Crippen MR) is 31.7 cm³/mol. The van der Waals surface area contributed by atoms with Crippen LogP contribution in [0.25, 0.3) is 0 Å². The Morgan fingerprint density at radius 2 is 1.89 bits per heavy atom. The van der Waals surface area contributed by atoms with Gasteiger partial charge >= 0.3 is 6.03 Å². The van der Waals surface area contributed by atoms with Crippen LogP contribution in [0.4, 0.5) is 4.79 Å². The molecule has 0 saturated heterocycles. The number of carbonyl (C=O) groups excluding carboxylic acids is 1. The Morgan fingerprint density at radius 1 is 1.33 bits per heavy atom. The van der Waals surface area contributed by atoms with E-state index >= 15 is 0 Å². The number of carbonyl (C=O) groups is 1. The van der Waals surface area contributed by atoms with E-state index in [1.807, 2.05) is 5.43 Å². The summed E-state index contributed by atoms with van der Waals surface area (Å²) in [6.45, 7) is 0. The van der Waals surface area contributed by atoms with Crippen LogP contribution in [0.15, 0.2) is 5.10 Å². The van der Waals surface area contributed by atoms with Gasteiger partial charge in [-0.15, -0.1) is 5.10 Å². The number of hydrazone groups is 1. The molecule has 0 aromatic carbocycles. The molecule has 0 spiro atoms. The number of hydrogen-bond donors (Lipinski definition) is 5. The van der Waals surface area contributed by atoms with Gasteiger partial charge in [-0.2, -0.15) is 0 Å². The van der Waals surface area contributed by atoms with Crippen molar-refractivity contribution in [1.29, 1.82) is 0 Å². The van der Waals surface area contributed by atoms with Crippen LogP contribution < -0.4 is 28.2 Å². The minimum Gasteiger partial charge on any atom is -0.367 e. The molecule has 0 aromatic rings. The molecule has 52 valence electrons. The molecule has 0 rings (SSSR count). The molecule has 7 nitrogen and oxygen atoms in total.